The van der Waals surface area contributed by atoms with Gasteiger partial charge in [-0.05, 0) is 64.7 Å². The summed E-state index contributed by atoms with van der Waals surface area (Å²) >= 11 is 3.31. The molecular formula is C40H40N4OS2. The number of thiophene rings is 1. The lowest BCUT2D eigenvalue weighted by molar-refractivity contribution is 0.198. The Morgan fingerprint density at radius 2 is 1.04 bits per heavy atom. The van der Waals surface area contributed by atoms with Crippen molar-refractivity contribution in [1.82, 2.24) is 19.9 Å². The number of para-hydroxylation sites is 1. The van der Waals surface area contributed by atoms with E-state index in [1.807, 2.05) is 144 Å². The summed E-state index contributed by atoms with van der Waals surface area (Å²) < 4.78 is 4.94. The number of rotatable bonds is 0. The zero-order chi connectivity index (χ0) is 32.7. The molecule has 9 rings (SSSR count). The zero-order valence-corrected chi connectivity index (χ0v) is 28.0. The molecule has 1 saturated heterocycles. The monoisotopic (exact) mass is 656 g/mol. The highest BCUT2D eigenvalue weighted by molar-refractivity contribution is 7.07. The van der Waals surface area contributed by atoms with Gasteiger partial charge < -0.3 is 4.74 Å². The Bertz CT molecular complexity index is 1410. The van der Waals surface area contributed by atoms with Crippen LogP contribution < -0.4 is 0 Å². The lowest BCUT2D eigenvalue weighted by atomic mass is 10.2. The van der Waals surface area contributed by atoms with Gasteiger partial charge in [0.15, 0.2) is 0 Å². The van der Waals surface area contributed by atoms with Crippen LogP contribution in [0.15, 0.2) is 192 Å². The molecule has 5 nitrogen and oxygen atoms in total. The summed E-state index contributed by atoms with van der Waals surface area (Å²) in [6.45, 7) is 2.00. The van der Waals surface area contributed by atoms with Crippen LogP contribution in [0.1, 0.15) is 12.8 Å². The molecule has 0 spiro atoms. The van der Waals surface area contributed by atoms with Crippen molar-refractivity contribution >= 4 is 44.3 Å². The van der Waals surface area contributed by atoms with Gasteiger partial charge in [0.25, 0.3) is 0 Å². The largest absolute Gasteiger partial charge is 0.381 e. The van der Waals surface area contributed by atoms with Crippen LogP contribution >= 0.6 is 22.7 Å². The van der Waals surface area contributed by atoms with Crippen LogP contribution in [0.2, 0.25) is 0 Å². The van der Waals surface area contributed by atoms with E-state index in [1.165, 1.54) is 29.0 Å². The van der Waals surface area contributed by atoms with Crippen molar-refractivity contribution < 1.29 is 4.74 Å². The van der Waals surface area contributed by atoms with Gasteiger partial charge in [0.2, 0.25) is 0 Å². The third-order valence-electron chi connectivity index (χ3n) is 5.90. The number of hydrogen-bond acceptors (Lipinski definition) is 7. The second-order valence-corrected chi connectivity index (χ2v) is 11.0. The number of nitrogens with zero attached hydrogens (tertiary/aromatic N) is 4. The number of hydrogen-bond donors (Lipinski definition) is 0. The van der Waals surface area contributed by atoms with E-state index in [4.69, 9.17) is 4.74 Å². The standard InChI is InChI=1S/2C9H7N.C6H6.C5H5N.C4H8O.C4H4S.C3H3NS/c1-2-6-9-8(4-1)5-3-7-10-9;1-2-4-9-7-10-6-5-8(9)3-1;2*1-2-4-6-5-3-1;2*1-2-4-5-3-1;1-2-5-3-4-1/h2*1-7H;1-6H;1-5H;1-4H2;1-4H;1-3H. The van der Waals surface area contributed by atoms with Crippen molar-refractivity contribution in [1.29, 1.82) is 0 Å². The molecule has 8 aromatic rings. The molecule has 0 amide bonds. The fraction of sp³-hybridized carbons (Fsp3) is 0.100. The van der Waals surface area contributed by atoms with Crippen LogP contribution in [0.5, 0.6) is 0 Å². The summed E-state index contributed by atoms with van der Waals surface area (Å²) in [5, 5.41) is 9.66. The summed E-state index contributed by atoms with van der Waals surface area (Å²) in [7, 11) is 0. The third-order valence-corrected chi connectivity index (χ3v) is 7.05. The molecule has 7 heteroatoms. The van der Waals surface area contributed by atoms with Crippen LogP contribution in [0.4, 0.5) is 0 Å². The quantitative estimate of drug-likeness (QED) is 0.163. The SMILES string of the molecule is C1CCOC1.c1ccc2cnccc2c1.c1ccc2ncccc2c1.c1ccccc1.c1ccncc1.c1ccsc1.c1cscn1. The normalized spacial score (nSPS) is 10.6. The van der Waals surface area contributed by atoms with Gasteiger partial charge in [-0.3, -0.25) is 19.9 Å². The highest BCUT2D eigenvalue weighted by Crippen LogP contribution is 2.10. The minimum absolute atomic E-state index is 1.00. The van der Waals surface area contributed by atoms with Crippen LogP contribution in [-0.2, 0) is 4.74 Å². The zero-order valence-electron chi connectivity index (χ0n) is 26.3. The first-order valence-electron chi connectivity index (χ1n) is 15.2. The van der Waals surface area contributed by atoms with Crippen LogP contribution in [0.25, 0.3) is 21.7 Å². The van der Waals surface area contributed by atoms with Gasteiger partial charge in [0, 0.05) is 61.2 Å². The van der Waals surface area contributed by atoms with Gasteiger partial charge in [-0.2, -0.15) is 11.3 Å². The number of aromatic nitrogens is 4. The van der Waals surface area contributed by atoms with Crippen LogP contribution in [0, 0.1) is 0 Å². The van der Waals surface area contributed by atoms with Crippen molar-refractivity contribution in [2.75, 3.05) is 13.2 Å². The Hall–Kier alpha value is -5.08. The first kappa shape index (κ1) is 36.4. The molecule has 0 saturated carbocycles. The van der Waals surface area contributed by atoms with Gasteiger partial charge in [-0.25, -0.2) is 0 Å². The van der Waals surface area contributed by atoms with E-state index in [0.717, 1.165) is 18.7 Å². The molecule has 0 atom stereocenters. The predicted molar refractivity (Wildman–Crippen MR) is 201 cm³/mol. The van der Waals surface area contributed by atoms with Crippen molar-refractivity contribution in [3.05, 3.63) is 192 Å². The Balaban J connectivity index is 0.000000152. The molecule has 1 fully saturated rings. The molecule has 238 valence electrons. The molecule has 0 N–H and O–H groups in total. The fourth-order valence-corrected chi connectivity index (χ4v) is 4.46. The number of thiazole rings is 1. The summed E-state index contributed by atoms with van der Waals surface area (Å²) in [4.78, 5) is 15.7. The van der Waals surface area contributed by atoms with E-state index < -0.39 is 0 Å². The molecule has 1 aliphatic heterocycles. The topological polar surface area (TPSA) is 60.8 Å². The van der Waals surface area contributed by atoms with Gasteiger partial charge >= 0.3 is 0 Å². The highest BCUT2D eigenvalue weighted by atomic mass is 32.1. The molecule has 0 unspecified atom stereocenters. The van der Waals surface area contributed by atoms with Crippen molar-refractivity contribution in [3.63, 3.8) is 0 Å². The maximum absolute atomic E-state index is 4.94. The number of benzene rings is 3. The number of fused-ring (bicyclic) bond motifs is 2. The molecule has 1 aliphatic rings. The summed E-state index contributed by atoms with van der Waals surface area (Å²) in [5.41, 5.74) is 2.85. The lowest BCUT2D eigenvalue weighted by Crippen LogP contribution is -1.74. The molecule has 5 aromatic heterocycles. The number of pyridine rings is 3. The van der Waals surface area contributed by atoms with Gasteiger partial charge in [-0.15, -0.1) is 11.3 Å². The highest BCUT2D eigenvalue weighted by Gasteiger charge is 1.94. The fourth-order valence-electron chi connectivity index (χ4n) is 3.65. The van der Waals surface area contributed by atoms with Crippen molar-refractivity contribution in [2.24, 2.45) is 0 Å². The molecule has 3 aromatic carbocycles. The summed E-state index contributed by atoms with van der Waals surface area (Å²) in [6, 6.07) is 44.0. The Kier molecular flexibility index (Phi) is 20.3. The minimum atomic E-state index is 1.00. The van der Waals surface area contributed by atoms with Crippen LogP contribution in [-0.4, -0.2) is 33.1 Å². The van der Waals surface area contributed by atoms with Gasteiger partial charge in [0.05, 0.1) is 11.0 Å². The first-order valence-corrected chi connectivity index (χ1v) is 17.1. The molecular weight excluding hydrogens is 617 g/mol. The smallest absolute Gasteiger partial charge is 0.0791 e. The number of ether oxygens (including phenoxy) is 1. The molecule has 0 bridgehead atoms. The predicted octanol–water partition coefficient (Wildman–Crippen LogP) is 10.9. The first-order chi connectivity index (χ1) is 23.4. The summed E-state index contributed by atoms with van der Waals surface area (Å²) in [6.07, 6.45) is 13.3. The maximum Gasteiger partial charge on any atom is 0.0791 e. The van der Waals surface area contributed by atoms with E-state index in [0.29, 0.717) is 0 Å². The Morgan fingerprint density at radius 3 is 1.49 bits per heavy atom. The Labute approximate surface area is 286 Å². The second kappa shape index (κ2) is 26.2. The lowest BCUT2D eigenvalue weighted by Gasteiger charge is -1.91. The van der Waals surface area contributed by atoms with E-state index in [1.54, 1.807) is 46.8 Å². The van der Waals surface area contributed by atoms with Gasteiger partial charge in [-0.1, -0.05) is 103 Å². The average Bonchev–Trinajstić information content (AvgIpc) is 4.02. The minimum Gasteiger partial charge on any atom is -0.381 e. The molecule has 0 aliphatic carbocycles. The molecule has 47 heavy (non-hydrogen) atoms. The van der Waals surface area contributed by atoms with Crippen LogP contribution in [0.3, 0.4) is 0 Å². The molecule has 6 heterocycles. The van der Waals surface area contributed by atoms with E-state index >= 15 is 0 Å². The molecule has 0 radical (unpaired) electrons. The van der Waals surface area contributed by atoms with Crippen molar-refractivity contribution in [3.8, 4) is 0 Å². The third kappa shape index (κ3) is 18.5. The van der Waals surface area contributed by atoms with E-state index in [-0.39, 0.29) is 0 Å². The van der Waals surface area contributed by atoms with Crippen molar-refractivity contribution in [2.45, 2.75) is 12.8 Å². The second-order valence-electron chi connectivity index (χ2n) is 9.39. The van der Waals surface area contributed by atoms with Gasteiger partial charge in [0.1, 0.15) is 0 Å². The Morgan fingerprint density at radius 1 is 0.426 bits per heavy atom. The summed E-state index contributed by atoms with van der Waals surface area (Å²) in [5.74, 6) is 0. The maximum atomic E-state index is 4.94. The van der Waals surface area contributed by atoms with E-state index in [2.05, 4.69) is 44.2 Å². The van der Waals surface area contributed by atoms with E-state index in [9.17, 15) is 0 Å². The average molecular weight is 657 g/mol.